The molecule has 0 saturated heterocycles. The van der Waals surface area contributed by atoms with Crippen LogP contribution in [0.4, 0.5) is 5.82 Å². The highest BCUT2D eigenvalue weighted by molar-refractivity contribution is 5.49. The van der Waals surface area contributed by atoms with Gasteiger partial charge in [-0.05, 0) is 18.6 Å². The van der Waals surface area contributed by atoms with E-state index < -0.39 is 0 Å². The maximum Gasteiger partial charge on any atom is 0.168 e. The Morgan fingerprint density at radius 3 is 2.88 bits per heavy atom. The van der Waals surface area contributed by atoms with Crippen LogP contribution < -0.4 is 10.1 Å². The van der Waals surface area contributed by atoms with Crippen molar-refractivity contribution in [3.63, 3.8) is 0 Å². The molecule has 2 N–H and O–H groups in total. The Labute approximate surface area is 103 Å². The zero-order chi connectivity index (χ0) is 12.7. The van der Waals surface area contributed by atoms with Gasteiger partial charge in [0, 0.05) is 24.8 Å². The van der Waals surface area contributed by atoms with Crippen LogP contribution in [0.2, 0.25) is 0 Å². The fraction of sp³-hybridized carbons (Fsp3) is 0.615. The van der Waals surface area contributed by atoms with Gasteiger partial charge in [0.15, 0.2) is 11.6 Å². The highest BCUT2D eigenvalue weighted by Crippen LogP contribution is 2.23. The van der Waals surface area contributed by atoms with Crippen molar-refractivity contribution in [3.05, 3.63) is 18.3 Å². The van der Waals surface area contributed by atoms with Gasteiger partial charge < -0.3 is 15.2 Å². The number of pyridine rings is 1. The summed E-state index contributed by atoms with van der Waals surface area (Å²) in [7, 11) is 0. The Hall–Kier alpha value is -1.29. The summed E-state index contributed by atoms with van der Waals surface area (Å²) >= 11 is 0. The van der Waals surface area contributed by atoms with Crippen LogP contribution >= 0.6 is 0 Å². The quantitative estimate of drug-likeness (QED) is 0.765. The molecule has 0 radical (unpaired) electrons. The van der Waals surface area contributed by atoms with E-state index in [4.69, 9.17) is 4.74 Å². The predicted molar refractivity (Wildman–Crippen MR) is 69.4 cm³/mol. The fourth-order valence-corrected chi connectivity index (χ4v) is 1.23. The molecule has 0 aromatic carbocycles. The second-order valence-electron chi connectivity index (χ2n) is 4.87. The van der Waals surface area contributed by atoms with Crippen LogP contribution in [0, 0.1) is 5.41 Å². The molecule has 0 aliphatic rings. The van der Waals surface area contributed by atoms with E-state index in [2.05, 4.69) is 17.2 Å². The molecule has 0 saturated carbocycles. The van der Waals surface area contributed by atoms with Crippen LogP contribution in [0.25, 0.3) is 0 Å². The van der Waals surface area contributed by atoms with Crippen LogP contribution in [0.1, 0.15) is 27.2 Å². The summed E-state index contributed by atoms with van der Waals surface area (Å²) < 4.78 is 5.60. The normalized spacial score (nSPS) is 11.3. The van der Waals surface area contributed by atoms with Gasteiger partial charge in [-0.15, -0.1) is 0 Å². The van der Waals surface area contributed by atoms with E-state index in [-0.39, 0.29) is 12.0 Å². The van der Waals surface area contributed by atoms with Gasteiger partial charge in [0.25, 0.3) is 0 Å². The first-order chi connectivity index (χ1) is 8.09. The number of nitrogens with zero attached hydrogens (tertiary/aromatic N) is 1. The molecule has 0 bridgehead atoms. The molecule has 4 heteroatoms. The summed E-state index contributed by atoms with van der Waals surface area (Å²) in [6.45, 7) is 7.54. The van der Waals surface area contributed by atoms with Crippen molar-refractivity contribution in [2.24, 2.45) is 5.41 Å². The number of aliphatic hydroxyl groups excluding tert-OH is 1. The fourth-order valence-electron chi connectivity index (χ4n) is 1.23. The molecule has 17 heavy (non-hydrogen) atoms. The Morgan fingerprint density at radius 1 is 1.47 bits per heavy atom. The third kappa shape index (κ3) is 4.61. The van der Waals surface area contributed by atoms with Crippen LogP contribution in [0.3, 0.4) is 0 Å². The average molecular weight is 238 g/mol. The van der Waals surface area contributed by atoms with Gasteiger partial charge in [-0.25, -0.2) is 4.98 Å². The van der Waals surface area contributed by atoms with Crippen molar-refractivity contribution in [3.8, 4) is 5.75 Å². The lowest BCUT2D eigenvalue weighted by molar-refractivity contribution is 0.170. The average Bonchev–Trinajstić information content (AvgIpc) is 2.35. The molecule has 96 valence electrons. The summed E-state index contributed by atoms with van der Waals surface area (Å²) in [5.74, 6) is 1.51. The third-order valence-corrected chi connectivity index (χ3v) is 2.39. The van der Waals surface area contributed by atoms with Gasteiger partial charge in [0.2, 0.25) is 0 Å². The SMILES string of the molecule is CCCOc1cccnc1NCC(C)(C)CO. The molecule has 0 aliphatic carbocycles. The highest BCUT2D eigenvalue weighted by atomic mass is 16.5. The van der Waals surface area contributed by atoms with Crippen molar-refractivity contribution >= 4 is 5.82 Å². The molecule has 0 aliphatic heterocycles. The number of aliphatic hydroxyl groups is 1. The number of hydrogen-bond acceptors (Lipinski definition) is 4. The summed E-state index contributed by atoms with van der Waals surface area (Å²) in [5, 5.41) is 12.4. The van der Waals surface area contributed by atoms with E-state index in [1.54, 1.807) is 6.20 Å². The van der Waals surface area contributed by atoms with Crippen molar-refractivity contribution in [1.29, 1.82) is 0 Å². The van der Waals surface area contributed by atoms with E-state index in [1.165, 1.54) is 0 Å². The molecule has 1 heterocycles. The molecular formula is C13H22N2O2. The molecule has 1 aromatic heterocycles. The molecule has 0 spiro atoms. The minimum atomic E-state index is -0.167. The minimum absolute atomic E-state index is 0.137. The molecule has 0 fully saturated rings. The number of rotatable bonds is 7. The zero-order valence-corrected chi connectivity index (χ0v) is 10.9. The Balaban J connectivity index is 2.63. The Kier molecular flexibility index (Phi) is 5.22. The predicted octanol–water partition coefficient (Wildman–Crippen LogP) is 2.30. The van der Waals surface area contributed by atoms with Crippen molar-refractivity contribution in [1.82, 2.24) is 4.98 Å². The highest BCUT2D eigenvalue weighted by Gasteiger charge is 2.17. The molecular weight excluding hydrogens is 216 g/mol. The number of ether oxygens (including phenoxy) is 1. The second kappa shape index (κ2) is 6.45. The zero-order valence-electron chi connectivity index (χ0n) is 10.9. The Bertz CT molecular complexity index is 340. The van der Waals surface area contributed by atoms with Gasteiger partial charge in [-0.1, -0.05) is 20.8 Å². The topological polar surface area (TPSA) is 54.4 Å². The molecule has 0 unspecified atom stereocenters. The summed E-state index contributed by atoms with van der Waals surface area (Å²) in [4.78, 5) is 4.25. The number of anilines is 1. The lowest BCUT2D eigenvalue weighted by Crippen LogP contribution is -2.27. The van der Waals surface area contributed by atoms with E-state index >= 15 is 0 Å². The minimum Gasteiger partial charge on any atom is -0.490 e. The van der Waals surface area contributed by atoms with E-state index in [0.29, 0.717) is 13.2 Å². The first kappa shape index (κ1) is 13.8. The first-order valence-corrected chi connectivity index (χ1v) is 6.01. The monoisotopic (exact) mass is 238 g/mol. The summed E-state index contributed by atoms with van der Waals surface area (Å²) in [5.41, 5.74) is -0.167. The van der Waals surface area contributed by atoms with E-state index in [0.717, 1.165) is 18.0 Å². The third-order valence-electron chi connectivity index (χ3n) is 2.39. The molecule has 4 nitrogen and oxygen atoms in total. The maximum absolute atomic E-state index is 9.19. The second-order valence-corrected chi connectivity index (χ2v) is 4.87. The summed E-state index contributed by atoms with van der Waals surface area (Å²) in [6, 6.07) is 3.75. The van der Waals surface area contributed by atoms with Gasteiger partial charge in [0.05, 0.1) is 6.61 Å². The van der Waals surface area contributed by atoms with Gasteiger partial charge in [0.1, 0.15) is 0 Å². The van der Waals surface area contributed by atoms with Gasteiger partial charge in [-0.3, -0.25) is 0 Å². The van der Waals surface area contributed by atoms with Crippen LogP contribution in [-0.2, 0) is 0 Å². The standard InChI is InChI=1S/C13H22N2O2/c1-4-8-17-11-6-5-7-14-12(11)15-9-13(2,3)10-16/h5-7,16H,4,8-10H2,1-3H3,(H,14,15). The number of nitrogens with one attached hydrogen (secondary N) is 1. The van der Waals surface area contributed by atoms with Crippen molar-refractivity contribution in [2.45, 2.75) is 27.2 Å². The van der Waals surface area contributed by atoms with Crippen LogP contribution in [0.5, 0.6) is 5.75 Å². The lowest BCUT2D eigenvalue weighted by atomic mass is 9.95. The van der Waals surface area contributed by atoms with Gasteiger partial charge in [-0.2, -0.15) is 0 Å². The molecule has 1 aromatic rings. The van der Waals surface area contributed by atoms with Crippen molar-refractivity contribution in [2.75, 3.05) is 25.1 Å². The smallest absolute Gasteiger partial charge is 0.168 e. The van der Waals surface area contributed by atoms with E-state index in [9.17, 15) is 5.11 Å². The molecule has 0 amide bonds. The van der Waals surface area contributed by atoms with E-state index in [1.807, 2.05) is 26.0 Å². The molecule has 1 rings (SSSR count). The maximum atomic E-state index is 9.19. The van der Waals surface area contributed by atoms with Gasteiger partial charge >= 0.3 is 0 Å². The van der Waals surface area contributed by atoms with Crippen molar-refractivity contribution < 1.29 is 9.84 Å². The lowest BCUT2D eigenvalue weighted by Gasteiger charge is -2.22. The van der Waals surface area contributed by atoms with Crippen LogP contribution in [-0.4, -0.2) is 29.8 Å². The van der Waals surface area contributed by atoms with Crippen LogP contribution in [0.15, 0.2) is 18.3 Å². The Morgan fingerprint density at radius 2 is 2.24 bits per heavy atom. The first-order valence-electron chi connectivity index (χ1n) is 6.01. The largest absolute Gasteiger partial charge is 0.490 e. The number of aromatic nitrogens is 1. The summed E-state index contributed by atoms with van der Waals surface area (Å²) in [6.07, 6.45) is 2.70. The number of hydrogen-bond donors (Lipinski definition) is 2. The molecule has 0 atom stereocenters.